The fourth-order valence-electron chi connectivity index (χ4n) is 2.47. The molecule has 1 aromatic heterocycles. The van der Waals surface area contributed by atoms with Crippen molar-refractivity contribution in [2.45, 2.75) is 45.4 Å². The molecule has 0 fully saturated rings. The first-order valence-corrected chi connectivity index (χ1v) is 8.99. The van der Waals surface area contributed by atoms with Crippen molar-refractivity contribution in [3.63, 3.8) is 0 Å². The fourth-order valence-corrected chi connectivity index (χ4v) is 2.47. The molecule has 0 spiro atoms. The van der Waals surface area contributed by atoms with Crippen LogP contribution in [0.3, 0.4) is 0 Å². The lowest BCUT2D eigenvalue weighted by molar-refractivity contribution is -0.137. The highest BCUT2D eigenvalue weighted by Gasteiger charge is 2.15. The predicted molar refractivity (Wildman–Crippen MR) is 100 cm³/mol. The molecule has 0 aliphatic carbocycles. The molecule has 0 radical (unpaired) electrons. The van der Waals surface area contributed by atoms with Crippen molar-refractivity contribution in [2.24, 2.45) is 0 Å². The number of aliphatic carboxylic acids is 1. The Morgan fingerprint density at radius 1 is 1.26 bits per heavy atom. The minimum absolute atomic E-state index is 0.0126. The smallest absolute Gasteiger partial charge is 0.383 e. The number of rotatable bonds is 11. The molecule has 1 heterocycles. The third-order valence-corrected chi connectivity index (χ3v) is 3.90. The number of carbonyl (C=O) groups is 1. The van der Waals surface area contributed by atoms with E-state index in [1.165, 1.54) is 31.2 Å². The fraction of sp³-hybridized carbons (Fsp3) is 0.400. The van der Waals surface area contributed by atoms with E-state index in [4.69, 9.17) is 19.0 Å². The van der Waals surface area contributed by atoms with Crippen molar-refractivity contribution in [2.75, 3.05) is 6.61 Å². The number of fused-ring (bicyclic) bond motifs is 1. The molecule has 1 aromatic carbocycles. The van der Waals surface area contributed by atoms with Crippen LogP contribution in [0.2, 0.25) is 0 Å². The number of aromatic hydroxyl groups is 1. The molecule has 0 saturated carbocycles. The number of allylic oxidation sites excluding steroid dienone is 1. The van der Waals surface area contributed by atoms with E-state index in [0.717, 1.165) is 19.3 Å². The highest BCUT2D eigenvalue weighted by Crippen LogP contribution is 2.33. The first-order valence-electron chi connectivity index (χ1n) is 8.99. The summed E-state index contributed by atoms with van der Waals surface area (Å²) in [6.07, 6.45) is 8.40. The number of hydrogen-bond acceptors (Lipinski definition) is 6. The van der Waals surface area contributed by atoms with Crippen LogP contribution in [0.5, 0.6) is 17.2 Å². The van der Waals surface area contributed by atoms with Crippen LogP contribution in [-0.2, 0) is 4.79 Å². The third kappa shape index (κ3) is 6.06. The van der Waals surface area contributed by atoms with Gasteiger partial charge in [0.15, 0.2) is 5.75 Å². The first kappa shape index (κ1) is 20.4. The minimum Gasteiger partial charge on any atom is -0.504 e. The van der Waals surface area contributed by atoms with Crippen molar-refractivity contribution < 1.29 is 28.9 Å². The number of unbranched alkanes of at least 4 members (excludes halogenated alkanes) is 4. The zero-order valence-electron chi connectivity index (χ0n) is 15.3. The Kier molecular flexibility index (Phi) is 7.73. The second kappa shape index (κ2) is 10.3. The van der Waals surface area contributed by atoms with Gasteiger partial charge >= 0.3 is 11.6 Å². The van der Waals surface area contributed by atoms with Gasteiger partial charge in [-0.3, -0.25) is 4.79 Å². The number of carboxylic acids is 1. The van der Waals surface area contributed by atoms with Gasteiger partial charge in [0, 0.05) is 6.07 Å². The second-order valence-corrected chi connectivity index (χ2v) is 6.06. The summed E-state index contributed by atoms with van der Waals surface area (Å²) in [5.41, 5.74) is -0.681. The topological polar surface area (TPSA) is 106 Å². The van der Waals surface area contributed by atoms with E-state index in [0.29, 0.717) is 11.1 Å². The summed E-state index contributed by atoms with van der Waals surface area (Å²) in [4.78, 5) is 22.6. The lowest BCUT2D eigenvalue weighted by atomic mass is 10.1. The van der Waals surface area contributed by atoms with E-state index < -0.39 is 11.6 Å². The highest BCUT2D eigenvalue weighted by atomic mass is 16.5. The van der Waals surface area contributed by atoms with Crippen LogP contribution in [-0.4, -0.2) is 22.8 Å². The highest BCUT2D eigenvalue weighted by molar-refractivity contribution is 5.86. The first-order chi connectivity index (χ1) is 13.0. The van der Waals surface area contributed by atoms with Crippen LogP contribution in [0, 0.1) is 0 Å². The van der Waals surface area contributed by atoms with Crippen molar-refractivity contribution in [3.8, 4) is 17.2 Å². The summed E-state index contributed by atoms with van der Waals surface area (Å²) in [7, 11) is 0. The summed E-state index contributed by atoms with van der Waals surface area (Å²) < 4.78 is 15.7. The average molecular weight is 376 g/mol. The second-order valence-electron chi connectivity index (χ2n) is 6.06. The van der Waals surface area contributed by atoms with E-state index in [1.54, 1.807) is 12.1 Å². The zero-order valence-corrected chi connectivity index (χ0v) is 15.3. The zero-order chi connectivity index (χ0) is 19.6. The van der Waals surface area contributed by atoms with E-state index in [2.05, 4.69) is 6.92 Å². The predicted octanol–water partition coefficient (Wildman–Crippen LogP) is 4.22. The van der Waals surface area contributed by atoms with E-state index in [9.17, 15) is 14.7 Å². The van der Waals surface area contributed by atoms with E-state index in [1.807, 2.05) is 0 Å². The van der Waals surface area contributed by atoms with Gasteiger partial charge < -0.3 is 24.1 Å². The molecule has 2 rings (SSSR count). The summed E-state index contributed by atoms with van der Waals surface area (Å²) >= 11 is 0. The molecule has 146 valence electrons. The summed E-state index contributed by atoms with van der Waals surface area (Å²) in [5.74, 6) is -1.21. The molecular weight excluding hydrogens is 352 g/mol. The van der Waals surface area contributed by atoms with Crippen molar-refractivity contribution in [1.82, 2.24) is 0 Å². The molecule has 7 heteroatoms. The SMILES string of the molecule is CCCCCC/C=C/Oc1c(O)c2ccc(OCCC(=O)O)cc2oc1=O. The van der Waals surface area contributed by atoms with E-state index >= 15 is 0 Å². The molecule has 0 saturated heterocycles. The third-order valence-electron chi connectivity index (χ3n) is 3.90. The maximum Gasteiger partial charge on any atom is 0.383 e. The lowest BCUT2D eigenvalue weighted by Crippen LogP contribution is -2.05. The maximum atomic E-state index is 12.1. The Hall–Kier alpha value is -2.96. The quantitative estimate of drug-likeness (QED) is 0.344. The van der Waals surface area contributed by atoms with Crippen LogP contribution < -0.4 is 15.1 Å². The van der Waals surface area contributed by atoms with Crippen molar-refractivity contribution >= 4 is 16.9 Å². The molecule has 0 aliphatic rings. The molecule has 0 amide bonds. The van der Waals surface area contributed by atoms with E-state index in [-0.39, 0.29) is 30.1 Å². The van der Waals surface area contributed by atoms with Gasteiger partial charge in [0.1, 0.15) is 11.3 Å². The molecular formula is C20H24O7. The molecule has 2 N–H and O–H groups in total. The normalized spacial score (nSPS) is 11.1. The standard InChI is InChI=1S/C20H24O7/c1-2-3-4-5-6-7-11-26-19-18(23)15-9-8-14(25-12-10-17(21)22)13-16(15)27-20(19)24/h7-9,11,13,23H,2-6,10,12H2,1H3,(H,21,22)/b11-7+. The van der Waals surface area contributed by atoms with Gasteiger partial charge in [-0.15, -0.1) is 0 Å². The van der Waals surface area contributed by atoms with Crippen molar-refractivity contribution in [3.05, 3.63) is 41.0 Å². The number of carboxylic acid groups (broad SMARTS) is 1. The molecule has 0 bridgehead atoms. The summed E-state index contributed by atoms with van der Waals surface area (Å²) in [6.45, 7) is 2.13. The van der Waals surface area contributed by atoms with Crippen molar-refractivity contribution in [1.29, 1.82) is 0 Å². The number of hydrogen-bond donors (Lipinski definition) is 2. The minimum atomic E-state index is -0.972. The average Bonchev–Trinajstić information content (AvgIpc) is 2.62. The Morgan fingerprint density at radius 3 is 2.81 bits per heavy atom. The molecule has 27 heavy (non-hydrogen) atoms. The Balaban J connectivity index is 2.07. The van der Waals surface area contributed by atoms with Gasteiger partial charge in [-0.1, -0.05) is 26.2 Å². The monoisotopic (exact) mass is 376 g/mol. The number of benzene rings is 1. The number of ether oxygens (including phenoxy) is 2. The molecule has 0 atom stereocenters. The van der Waals surface area contributed by atoms with Gasteiger partial charge in [0.25, 0.3) is 5.75 Å². The Labute approximate surface area is 156 Å². The largest absolute Gasteiger partial charge is 0.504 e. The lowest BCUT2D eigenvalue weighted by Gasteiger charge is -2.08. The Morgan fingerprint density at radius 2 is 2.07 bits per heavy atom. The van der Waals surface area contributed by atoms with Gasteiger partial charge in [0.05, 0.1) is 24.7 Å². The summed E-state index contributed by atoms with van der Waals surface area (Å²) in [6, 6.07) is 4.49. The maximum absolute atomic E-state index is 12.1. The van der Waals surface area contributed by atoms with Gasteiger partial charge in [-0.2, -0.15) is 0 Å². The van der Waals surface area contributed by atoms with Gasteiger partial charge in [-0.25, -0.2) is 4.79 Å². The van der Waals surface area contributed by atoms with Gasteiger partial charge in [0.2, 0.25) is 0 Å². The van der Waals surface area contributed by atoms with Crippen LogP contribution in [0.4, 0.5) is 0 Å². The van der Waals surface area contributed by atoms with Crippen LogP contribution >= 0.6 is 0 Å². The Bertz CT molecular complexity index is 851. The van der Waals surface area contributed by atoms with Crippen LogP contribution in [0.1, 0.15) is 45.4 Å². The molecule has 2 aromatic rings. The van der Waals surface area contributed by atoms with Gasteiger partial charge in [-0.05, 0) is 31.1 Å². The molecule has 0 unspecified atom stereocenters. The summed E-state index contributed by atoms with van der Waals surface area (Å²) in [5, 5.41) is 19.2. The van der Waals surface area contributed by atoms with Crippen LogP contribution in [0.15, 0.2) is 39.7 Å². The molecule has 7 nitrogen and oxygen atoms in total. The molecule has 0 aliphatic heterocycles. The van der Waals surface area contributed by atoms with Crippen LogP contribution in [0.25, 0.3) is 11.0 Å².